The molecule has 0 aromatic carbocycles. The first-order valence-electron chi connectivity index (χ1n) is 7.54. The van der Waals surface area contributed by atoms with Crippen molar-refractivity contribution in [1.29, 1.82) is 0 Å². The molecule has 4 heterocycles. The van der Waals surface area contributed by atoms with Crippen LogP contribution in [0.3, 0.4) is 0 Å². The molecule has 3 amide bonds. The van der Waals surface area contributed by atoms with Gasteiger partial charge in [-0.15, -0.1) is 11.3 Å². The van der Waals surface area contributed by atoms with Gasteiger partial charge in [0.2, 0.25) is 5.91 Å². The summed E-state index contributed by atoms with van der Waals surface area (Å²) in [6.45, 7) is 3.48. The Hall–Kier alpha value is -1.67. The van der Waals surface area contributed by atoms with Crippen LogP contribution in [0.1, 0.15) is 18.5 Å². The largest absolute Gasteiger partial charge is 0.352 e. The van der Waals surface area contributed by atoms with Gasteiger partial charge in [-0.3, -0.25) is 9.69 Å². The Balaban J connectivity index is 1.62. The summed E-state index contributed by atoms with van der Waals surface area (Å²) in [4.78, 5) is 31.7. The van der Waals surface area contributed by atoms with Crippen LogP contribution in [-0.2, 0) is 11.3 Å². The highest BCUT2D eigenvalue weighted by Gasteiger charge is 2.37. The van der Waals surface area contributed by atoms with Gasteiger partial charge in [0, 0.05) is 37.6 Å². The summed E-state index contributed by atoms with van der Waals surface area (Å²) < 4.78 is 0. The van der Waals surface area contributed by atoms with Crippen LogP contribution in [0.25, 0.3) is 0 Å². The Bertz CT molecular complexity index is 535. The molecule has 7 nitrogen and oxygen atoms in total. The maximum absolute atomic E-state index is 12.3. The van der Waals surface area contributed by atoms with Crippen LogP contribution >= 0.6 is 11.3 Å². The molecule has 2 atom stereocenters. The van der Waals surface area contributed by atoms with Crippen LogP contribution in [0.2, 0.25) is 0 Å². The smallest absolute Gasteiger partial charge is 0.312 e. The lowest BCUT2D eigenvalue weighted by molar-refractivity contribution is -0.134. The van der Waals surface area contributed by atoms with Gasteiger partial charge < -0.3 is 16.0 Å². The summed E-state index contributed by atoms with van der Waals surface area (Å²) in [5, 5.41) is 4.47. The van der Waals surface area contributed by atoms with Gasteiger partial charge in [0.25, 0.3) is 0 Å². The van der Waals surface area contributed by atoms with Gasteiger partial charge in [0.1, 0.15) is 0 Å². The summed E-state index contributed by atoms with van der Waals surface area (Å²) >= 11 is 1.61. The van der Waals surface area contributed by atoms with Crippen molar-refractivity contribution in [3.05, 3.63) is 16.6 Å². The molecule has 120 valence electrons. The zero-order chi connectivity index (χ0) is 15.5. The maximum atomic E-state index is 12.3. The fourth-order valence-electron chi connectivity index (χ4n) is 3.42. The van der Waals surface area contributed by atoms with Crippen LogP contribution in [0.15, 0.2) is 10.9 Å². The summed E-state index contributed by atoms with van der Waals surface area (Å²) in [7, 11) is 0. The number of amides is 3. The van der Waals surface area contributed by atoms with E-state index in [9.17, 15) is 9.59 Å². The van der Waals surface area contributed by atoms with Crippen LogP contribution < -0.4 is 11.1 Å². The number of thiazole rings is 1. The monoisotopic (exact) mass is 323 g/mol. The standard InChI is InChI=1S/C14H21N5O2S/c15-14(21)16-3-13(20)19-5-10-1-2-12(19)7-18(4-10)6-11-8-22-9-17-11/h8-10,12H,1-7H2,(H3,15,16,21)/t10-,12+/m1/s1. The molecule has 1 aromatic heterocycles. The zero-order valence-corrected chi connectivity index (χ0v) is 13.2. The fourth-order valence-corrected chi connectivity index (χ4v) is 3.97. The molecule has 3 saturated heterocycles. The number of nitrogens with two attached hydrogens (primary N) is 1. The van der Waals surface area contributed by atoms with Crippen LogP contribution in [0.5, 0.6) is 0 Å². The molecule has 22 heavy (non-hydrogen) atoms. The van der Waals surface area contributed by atoms with E-state index in [4.69, 9.17) is 5.73 Å². The Morgan fingerprint density at radius 1 is 1.36 bits per heavy atom. The normalized spacial score (nSPS) is 25.0. The Morgan fingerprint density at radius 3 is 2.95 bits per heavy atom. The van der Waals surface area contributed by atoms with E-state index >= 15 is 0 Å². The number of hydrogen-bond donors (Lipinski definition) is 2. The van der Waals surface area contributed by atoms with Crippen molar-refractivity contribution >= 4 is 23.3 Å². The van der Waals surface area contributed by atoms with Crippen LogP contribution in [0.4, 0.5) is 4.79 Å². The molecule has 0 radical (unpaired) electrons. The molecule has 0 saturated carbocycles. The first-order chi connectivity index (χ1) is 10.6. The van der Waals surface area contributed by atoms with E-state index in [-0.39, 0.29) is 18.5 Å². The number of carbonyl (C=O) groups is 2. The second-order valence-electron chi connectivity index (χ2n) is 6.03. The average Bonchev–Trinajstić information content (AvgIpc) is 2.84. The Morgan fingerprint density at radius 2 is 2.23 bits per heavy atom. The number of nitrogens with zero attached hydrogens (tertiary/aromatic N) is 3. The summed E-state index contributed by atoms with van der Waals surface area (Å²) in [5.74, 6) is 0.457. The first-order valence-corrected chi connectivity index (χ1v) is 8.48. The number of hydrogen-bond acceptors (Lipinski definition) is 5. The minimum absolute atomic E-state index is 0.00929. The molecule has 2 bridgehead atoms. The molecule has 4 rings (SSSR count). The number of primary amides is 1. The lowest BCUT2D eigenvalue weighted by atomic mass is 9.95. The van der Waals surface area contributed by atoms with Crippen molar-refractivity contribution in [2.24, 2.45) is 11.7 Å². The van der Waals surface area contributed by atoms with Crippen LogP contribution in [-0.4, -0.2) is 58.9 Å². The zero-order valence-electron chi connectivity index (χ0n) is 12.4. The molecule has 3 aliphatic heterocycles. The predicted molar refractivity (Wildman–Crippen MR) is 83.2 cm³/mol. The molecule has 1 aromatic rings. The molecular formula is C14H21N5O2S. The number of carbonyl (C=O) groups excluding carboxylic acids is 2. The lowest BCUT2D eigenvalue weighted by Crippen LogP contribution is -2.51. The van der Waals surface area contributed by atoms with E-state index in [1.54, 1.807) is 11.3 Å². The second-order valence-corrected chi connectivity index (χ2v) is 6.75. The van der Waals surface area contributed by atoms with Gasteiger partial charge in [-0.2, -0.15) is 0 Å². The molecular weight excluding hydrogens is 302 g/mol. The van der Waals surface area contributed by atoms with Gasteiger partial charge in [-0.05, 0) is 18.8 Å². The van der Waals surface area contributed by atoms with E-state index < -0.39 is 6.03 Å². The maximum Gasteiger partial charge on any atom is 0.312 e. The van der Waals surface area contributed by atoms with Crippen molar-refractivity contribution < 1.29 is 9.59 Å². The van der Waals surface area contributed by atoms with Gasteiger partial charge in [0.05, 0.1) is 17.7 Å². The lowest BCUT2D eigenvalue weighted by Gasteiger charge is -2.36. The van der Waals surface area contributed by atoms with E-state index in [0.717, 1.165) is 44.7 Å². The topological polar surface area (TPSA) is 91.6 Å². The molecule has 0 spiro atoms. The van der Waals surface area contributed by atoms with Crippen molar-refractivity contribution in [2.45, 2.75) is 25.4 Å². The highest BCUT2D eigenvalue weighted by atomic mass is 32.1. The van der Waals surface area contributed by atoms with Gasteiger partial charge >= 0.3 is 6.03 Å². The highest BCUT2D eigenvalue weighted by Crippen LogP contribution is 2.28. The molecule has 0 unspecified atom stereocenters. The highest BCUT2D eigenvalue weighted by molar-refractivity contribution is 7.07. The number of fused-ring (bicyclic) bond motifs is 4. The van der Waals surface area contributed by atoms with Crippen LogP contribution in [0, 0.1) is 5.92 Å². The third kappa shape index (κ3) is 3.56. The molecule has 8 heteroatoms. The van der Waals surface area contributed by atoms with Gasteiger partial charge in [-0.25, -0.2) is 9.78 Å². The quantitative estimate of drug-likeness (QED) is 0.830. The number of rotatable bonds is 4. The Kier molecular flexibility index (Phi) is 4.58. The fraction of sp³-hybridized carbons (Fsp3) is 0.643. The summed E-state index contributed by atoms with van der Waals surface area (Å²) in [6, 6.07) is -0.432. The number of aromatic nitrogens is 1. The van der Waals surface area contributed by atoms with Gasteiger partial charge in [-0.1, -0.05) is 0 Å². The van der Waals surface area contributed by atoms with Crippen molar-refractivity contribution in [3.63, 3.8) is 0 Å². The van der Waals surface area contributed by atoms with E-state index in [1.165, 1.54) is 0 Å². The van der Waals surface area contributed by atoms with E-state index in [0.29, 0.717) is 5.92 Å². The van der Waals surface area contributed by atoms with Crippen molar-refractivity contribution in [2.75, 3.05) is 26.2 Å². The van der Waals surface area contributed by atoms with E-state index in [1.807, 2.05) is 10.4 Å². The number of piperidine rings is 1. The average molecular weight is 323 g/mol. The summed E-state index contributed by atoms with van der Waals surface area (Å²) in [5.41, 5.74) is 7.99. The second kappa shape index (κ2) is 6.62. The van der Waals surface area contributed by atoms with E-state index in [2.05, 4.69) is 20.6 Å². The van der Waals surface area contributed by atoms with Crippen molar-refractivity contribution in [1.82, 2.24) is 20.1 Å². The molecule has 3 fully saturated rings. The minimum Gasteiger partial charge on any atom is -0.352 e. The molecule has 0 aliphatic carbocycles. The summed E-state index contributed by atoms with van der Waals surface area (Å²) in [6.07, 6.45) is 2.19. The Labute approximate surface area is 133 Å². The molecule has 3 aliphatic rings. The van der Waals surface area contributed by atoms with Crippen molar-refractivity contribution in [3.8, 4) is 0 Å². The first kappa shape index (κ1) is 15.2. The number of nitrogens with one attached hydrogen (secondary N) is 1. The third-order valence-electron chi connectivity index (χ3n) is 4.39. The minimum atomic E-state index is -0.654. The predicted octanol–water partition coefficient (Wildman–Crippen LogP) is 0.234. The third-order valence-corrected chi connectivity index (χ3v) is 5.03. The SMILES string of the molecule is NC(=O)NCC(=O)N1C[C@@H]2CC[C@H]1CN(Cc1cscn1)C2. The van der Waals surface area contributed by atoms with Gasteiger partial charge in [0.15, 0.2) is 0 Å². The number of urea groups is 1. The molecule has 3 N–H and O–H groups in total.